The van der Waals surface area contributed by atoms with E-state index in [1.165, 1.54) is 23.7 Å². The maximum atomic E-state index is 12.2. The molecule has 0 aliphatic rings. The van der Waals surface area contributed by atoms with Gasteiger partial charge in [0.05, 0.1) is 16.6 Å². The van der Waals surface area contributed by atoms with Crippen molar-refractivity contribution in [1.29, 1.82) is 0 Å². The molecule has 2 rings (SSSR count). The Morgan fingerprint density at radius 2 is 2.00 bits per heavy atom. The van der Waals surface area contributed by atoms with Crippen molar-refractivity contribution in [2.45, 2.75) is 6.18 Å². The van der Waals surface area contributed by atoms with Crippen LogP contribution in [-0.4, -0.2) is 32.7 Å². The van der Waals surface area contributed by atoms with Crippen molar-refractivity contribution in [2.24, 2.45) is 7.05 Å². The first-order chi connectivity index (χ1) is 9.61. The summed E-state index contributed by atoms with van der Waals surface area (Å²) in [5.74, 6) is -3.70. The molecule has 2 aromatic rings. The Morgan fingerprint density at radius 1 is 1.38 bits per heavy atom. The van der Waals surface area contributed by atoms with E-state index >= 15 is 0 Å². The minimum atomic E-state index is -5.04. The number of nitrogens with zero attached hydrogens (tertiary/aromatic N) is 2. The van der Waals surface area contributed by atoms with E-state index in [4.69, 9.17) is 5.11 Å². The summed E-state index contributed by atoms with van der Waals surface area (Å²) < 4.78 is 38.3. The molecule has 1 aromatic heterocycles. The fourth-order valence-corrected chi connectivity index (χ4v) is 2.42. The predicted octanol–water partition coefficient (Wildman–Crippen LogP) is 2.53. The van der Waals surface area contributed by atoms with E-state index in [1.807, 2.05) is 0 Å². The van der Waals surface area contributed by atoms with Crippen LogP contribution in [-0.2, 0) is 11.8 Å². The molecule has 1 amide bonds. The summed E-state index contributed by atoms with van der Waals surface area (Å²) >= 11 is 3.13. The summed E-state index contributed by atoms with van der Waals surface area (Å²) in [6.45, 7) is 0. The molecule has 6 nitrogen and oxygen atoms in total. The number of carbonyl (C=O) groups excluding carboxylic acids is 1. The van der Waals surface area contributed by atoms with Gasteiger partial charge in [-0.1, -0.05) is 0 Å². The second kappa shape index (κ2) is 5.02. The van der Waals surface area contributed by atoms with Crippen LogP contribution in [0.15, 0.2) is 16.6 Å². The number of carboxylic acid groups (broad SMARTS) is 1. The molecule has 10 heteroatoms. The van der Waals surface area contributed by atoms with Gasteiger partial charge in [0.1, 0.15) is 0 Å². The SMILES string of the molecule is Cn1c(NC(=O)C(F)(F)F)nc2cc(C(=O)O)cc(Br)c21. The number of amides is 1. The Balaban J connectivity index is 2.53. The second-order valence-corrected chi connectivity index (χ2v) is 4.93. The highest BCUT2D eigenvalue weighted by molar-refractivity contribution is 9.10. The Labute approximate surface area is 123 Å². The van der Waals surface area contributed by atoms with Gasteiger partial charge in [0.25, 0.3) is 0 Å². The number of imidazole rings is 1. The maximum absolute atomic E-state index is 12.2. The van der Waals surface area contributed by atoms with Crippen LogP contribution in [0.5, 0.6) is 0 Å². The number of carbonyl (C=O) groups is 2. The summed E-state index contributed by atoms with van der Waals surface area (Å²) in [5, 5.41) is 10.6. The number of benzene rings is 1. The molecular formula is C11H7BrF3N3O3. The first-order valence-electron chi connectivity index (χ1n) is 5.38. The molecule has 0 bridgehead atoms. The smallest absolute Gasteiger partial charge is 0.471 e. The van der Waals surface area contributed by atoms with Gasteiger partial charge in [-0.25, -0.2) is 9.78 Å². The van der Waals surface area contributed by atoms with Crippen molar-refractivity contribution in [3.63, 3.8) is 0 Å². The topological polar surface area (TPSA) is 84.2 Å². The standard InChI is InChI=1S/C11H7BrF3N3O3/c1-18-7-5(12)2-4(8(19)20)3-6(7)16-10(18)17-9(21)11(13,14)15/h2-3H,1H3,(H,19,20)(H,16,17,21). The highest BCUT2D eigenvalue weighted by Gasteiger charge is 2.39. The minimum absolute atomic E-state index is 0.0822. The zero-order valence-electron chi connectivity index (χ0n) is 10.3. The number of halogens is 4. The van der Waals surface area contributed by atoms with Gasteiger partial charge in [-0.05, 0) is 28.1 Å². The van der Waals surface area contributed by atoms with E-state index in [0.29, 0.717) is 9.99 Å². The fraction of sp³-hybridized carbons (Fsp3) is 0.182. The molecule has 112 valence electrons. The molecule has 0 aliphatic carbocycles. The average Bonchev–Trinajstić information content (AvgIpc) is 2.65. The number of rotatable bonds is 2. The Hall–Kier alpha value is -2.10. The van der Waals surface area contributed by atoms with E-state index < -0.39 is 18.1 Å². The lowest BCUT2D eigenvalue weighted by molar-refractivity contribution is -0.167. The predicted molar refractivity (Wildman–Crippen MR) is 70.1 cm³/mol. The van der Waals surface area contributed by atoms with Gasteiger partial charge in [-0.3, -0.25) is 10.1 Å². The molecular weight excluding hydrogens is 359 g/mol. The summed E-state index contributed by atoms with van der Waals surface area (Å²) in [7, 11) is 1.40. The molecule has 0 spiro atoms. The molecule has 0 radical (unpaired) electrons. The zero-order valence-corrected chi connectivity index (χ0v) is 11.9. The van der Waals surface area contributed by atoms with Crippen LogP contribution >= 0.6 is 15.9 Å². The number of alkyl halides is 3. The van der Waals surface area contributed by atoms with Gasteiger partial charge in [-0.15, -0.1) is 0 Å². The molecule has 2 N–H and O–H groups in total. The summed E-state index contributed by atoms with van der Waals surface area (Å²) in [5.41, 5.74) is 0.417. The molecule has 0 unspecified atom stereocenters. The fourth-order valence-electron chi connectivity index (χ4n) is 1.70. The third-order valence-corrected chi connectivity index (χ3v) is 3.26. The average molecular weight is 366 g/mol. The van der Waals surface area contributed by atoms with E-state index in [0.717, 1.165) is 0 Å². The van der Waals surface area contributed by atoms with E-state index in [9.17, 15) is 22.8 Å². The molecule has 0 saturated heterocycles. The van der Waals surface area contributed by atoms with Crippen molar-refractivity contribution in [3.8, 4) is 0 Å². The highest BCUT2D eigenvalue weighted by atomic mass is 79.9. The van der Waals surface area contributed by atoms with Crippen molar-refractivity contribution in [2.75, 3.05) is 5.32 Å². The monoisotopic (exact) mass is 365 g/mol. The van der Waals surface area contributed by atoms with Crippen molar-refractivity contribution >= 4 is 44.8 Å². The third kappa shape index (κ3) is 2.84. The van der Waals surface area contributed by atoms with Crippen LogP contribution < -0.4 is 5.32 Å². The van der Waals surface area contributed by atoms with Gasteiger partial charge >= 0.3 is 18.1 Å². The zero-order chi connectivity index (χ0) is 15.9. The van der Waals surface area contributed by atoms with Crippen molar-refractivity contribution < 1.29 is 27.9 Å². The molecule has 21 heavy (non-hydrogen) atoms. The first-order valence-corrected chi connectivity index (χ1v) is 6.18. The van der Waals surface area contributed by atoms with Gasteiger partial charge in [0.2, 0.25) is 5.95 Å². The van der Waals surface area contributed by atoms with E-state index in [-0.39, 0.29) is 17.0 Å². The number of aryl methyl sites for hydroxylation is 1. The van der Waals surface area contributed by atoms with Crippen LogP contribution in [0.2, 0.25) is 0 Å². The maximum Gasteiger partial charge on any atom is 0.471 e. The lowest BCUT2D eigenvalue weighted by atomic mass is 10.2. The van der Waals surface area contributed by atoms with E-state index in [2.05, 4.69) is 20.9 Å². The minimum Gasteiger partial charge on any atom is -0.478 e. The normalized spacial score (nSPS) is 11.7. The number of aromatic nitrogens is 2. The van der Waals surface area contributed by atoms with Crippen LogP contribution in [0.4, 0.5) is 19.1 Å². The van der Waals surface area contributed by atoms with Gasteiger partial charge in [0.15, 0.2) is 0 Å². The van der Waals surface area contributed by atoms with Crippen LogP contribution in [0.1, 0.15) is 10.4 Å². The molecule has 1 heterocycles. The van der Waals surface area contributed by atoms with E-state index in [1.54, 1.807) is 5.32 Å². The summed E-state index contributed by atoms with van der Waals surface area (Å²) in [6.07, 6.45) is -5.04. The Bertz CT molecular complexity index is 754. The number of hydrogen-bond acceptors (Lipinski definition) is 3. The molecule has 0 aliphatic heterocycles. The summed E-state index contributed by atoms with van der Waals surface area (Å²) in [4.78, 5) is 25.7. The lowest BCUT2D eigenvalue weighted by Gasteiger charge is -2.07. The quantitative estimate of drug-likeness (QED) is 0.856. The number of fused-ring (bicyclic) bond motifs is 1. The third-order valence-electron chi connectivity index (χ3n) is 2.65. The highest BCUT2D eigenvalue weighted by Crippen LogP contribution is 2.28. The molecule has 1 aromatic carbocycles. The lowest BCUT2D eigenvalue weighted by Crippen LogP contribution is -2.31. The van der Waals surface area contributed by atoms with Crippen molar-refractivity contribution in [3.05, 3.63) is 22.2 Å². The van der Waals surface area contributed by atoms with Crippen LogP contribution in [0.25, 0.3) is 11.0 Å². The molecule has 0 saturated carbocycles. The molecule has 0 fully saturated rings. The largest absolute Gasteiger partial charge is 0.478 e. The second-order valence-electron chi connectivity index (χ2n) is 4.08. The number of nitrogens with one attached hydrogen (secondary N) is 1. The number of carboxylic acids is 1. The number of aromatic carboxylic acids is 1. The van der Waals surface area contributed by atoms with Crippen molar-refractivity contribution in [1.82, 2.24) is 9.55 Å². The number of hydrogen-bond donors (Lipinski definition) is 2. The Kier molecular flexibility index (Phi) is 3.66. The number of anilines is 1. The van der Waals surface area contributed by atoms with Gasteiger partial charge < -0.3 is 9.67 Å². The Morgan fingerprint density at radius 3 is 2.52 bits per heavy atom. The first kappa shape index (κ1) is 15.3. The van der Waals surface area contributed by atoms with Gasteiger partial charge in [-0.2, -0.15) is 13.2 Å². The summed E-state index contributed by atoms with van der Waals surface area (Å²) in [6, 6.07) is 2.49. The van der Waals surface area contributed by atoms with Crippen LogP contribution in [0, 0.1) is 0 Å². The van der Waals surface area contributed by atoms with Crippen LogP contribution in [0.3, 0.4) is 0 Å². The van der Waals surface area contributed by atoms with Gasteiger partial charge in [0, 0.05) is 11.5 Å². The molecule has 0 atom stereocenters.